The van der Waals surface area contributed by atoms with Crippen LogP contribution in [-0.2, 0) is 18.1 Å². The van der Waals surface area contributed by atoms with Crippen LogP contribution in [0.25, 0.3) is 0 Å². The van der Waals surface area contributed by atoms with Crippen molar-refractivity contribution in [2.24, 2.45) is 0 Å². The van der Waals surface area contributed by atoms with Gasteiger partial charge in [0.2, 0.25) is 5.91 Å². The van der Waals surface area contributed by atoms with E-state index in [0.29, 0.717) is 32.4 Å². The lowest BCUT2D eigenvalue weighted by atomic mass is 10.5. The van der Waals surface area contributed by atoms with E-state index in [1.54, 1.807) is 13.0 Å². The molecule has 1 amide bonds. The first-order valence-electron chi connectivity index (χ1n) is 6.46. The van der Waals surface area contributed by atoms with Gasteiger partial charge in [-0.2, -0.15) is 0 Å². The van der Waals surface area contributed by atoms with E-state index in [2.05, 4.69) is 5.32 Å². The maximum absolute atomic E-state index is 11.3. The van der Waals surface area contributed by atoms with Crippen LogP contribution in [0.1, 0.15) is 27.7 Å². The fraction of sp³-hybridized carbons (Fsp3) is 0.750. The predicted octanol–water partition coefficient (Wildman–Crippen LogP) is 1.73. The minimum atomic E-state index is -2.62. The number of hydrogen-bond donors (Lipinski definition) is 1. The van der Waals surface area contributed by atoms with Crippen molar-refractivity contribution in [3.63, 3.8) is 0 Å². The van der Waals surface area contributed by atoms with E-state index in [1.807, 2.05) is 20.8 Å². The smallest absolute Gasteiger partial charge is 0.374 e. The highest BCUT2D eigenvalue weighted by Gasteiger charge is 2.39. The average molecular weight is 275 g/mol. The van der Waals surface area contributed by atoms with E-state index < -0.39 is 8.80 Å². The standard InChI is InChI=1S/C12H25NO4Si/c1-5-9-12(14)13-10-11-18(15-6-2,16-7-3)17-8-4/h5,9H,6-8,10-11H2,1-4H3,(H,13,14). The molecule has 5 nitrogen and oxygen atoms in total. The van der Waals surface area contributed by atoms with Gasteiger partial charge >= 0.3 is 8.80 Å². The van der Waals surface area contributed by atoms with Gasteiger partial charge in [-0.3, -0.25) is 4.79 Å². The van der Waals surface area contributed by atoms with E-state index in [0.717, 1.165) is 0 Å². The third kappa shape index (κ3) is 6.90. The zero-order chi connectivity index (χ0) is 13.9. The molecule has 0 aliphatic rings. The first-order valence-corrected chi connectivity index (χ1v) is 8.39. The Morgan fingerprint density at radius 2 is 1.61 bits per heavy atom. The van der Waals surface area contributed by atoms with E-state index in [1.165, 1.54) is 6.08 Å². The molecular formula is C12H25NO4Si. The van der Waals surface area contributed by atoms with Crippen molar-refractivity contribution in [3.8, 4) is 0 Å². The Bertz CT molecular complexity index is 241. The van der Waals surface area contributed by atoms with Gasteiger partial charge < -0.3 is 18.6 Å². The summed E-state index contributed by atoms with van der Waals surface area (Å²) in [5.74, 6) is -0.107. The number of carbonyl (C=O) groups is 1. The summed E-state index contributed by atoms with van der Waals surface area (Å²) in [6.45, 7) is 9.70. The second kappa shape index (κ2) is 10.2. The summed E-state index contributed by atoms with van der Waals surface area (Å²) in [6.07, 6.45) is 3.19. The molecule has 0 rings (SSSR count). The summed E-state index contributed by atoms with van der Waals surface area (Å²) < 4.78 is 17.0. The fourth-order valence-corrected chi connectivity index (χ4v) is 3.98. The van der Waals surface area contributed by atoms with Crippen LogP contribution >= 0.6 is 0 Å². The van der Waals surface area contributed by atoms with Gasteiger partial charge in [0.05, 0.1) is 0 Å². The molecule has 0 aromatic heterocycles. The van der Waals surface area contributed by atoms with Crippen LogP contribution in [0.5, 0.6) is 0 Å². The predicted molar refractivity (Wildman–Crippen MR) is 73.3 cm³/mol. The van der Waals surface area contributed by atoms with Gasteiger partial charge in [0.1, 0.15) is 0 Å². The Morgan fingerprint density at radius 3 is 2.00 bits per heavy atom. The number of allylic oxidation sites excluding steroid dienone is 1. The number of hydrogen-bond acceptors (Lipinski definition) is 4. The van der Waals surface area contributed by atoms with Gasteiger partial charge in [0.15, 0.2) is 0 Å². The third-order valence-corrected chi connectivity index (χ3v) is 5.19. The van der Waals surface area contributed by atoms with Crippen molar-refractivity contribution < 1.29 is 18.1 Å². The maximum atomic E-state index is 11.3. The van der Waals surface area contributed by atoms with Crippen LogP contribution in [0.3, 0.4) is 0 Å². The first kappa shape index (κ1) is 17.3. The Kier molecular flexibility index (Phi) is 9.86. The lowest BCUT2D eigenvalue weighted by Crippen LogP contribution is -2.48. The molecule has 0 saturated carbocycles. The molecule has 1 N–H and O–H groups in total. The minimum Gasteiger partial charge on any atom is -0.374 e. The molecular weight excluding hydrogens is 250 g/mol. The van der Waals surface area contributed by atoms with Gasteiger partial charge in [0.25, 0.3) is 0 Å². The fourth-order valence-electron chi connectivity index (χ4n) is 1.55. The molecule has 0 heterocycles. The van der Waals surface area contributed by atoms with Crippen LogP contribution < -0.4 is 5.32 Å². The van der Waals surface area contributed by atoms with Gasteiger partial charge in [-0.15, -0.1) is 0 Å². The molecule has 106 valence electrons. The van der Waals surface area contributed by atoms with Crippen molar-refractivity contribution in [2.75, 3.05) is 26.4 Å². The highest BCUT2D eigenvalue weighted by Crippen LogP contribution is 2.15. The molecule has 0 aliphatic carbocycles. The van der Waals surface area contributed by atoms with Crippen LogP contribution in [0.4, 0.5) is 0 Å². The molecule has 6 heteroatoms. The van der Waals surface area contributed by atoms with Crippen LogP contribution in [-0.4, -0.2) is 41.1 Å². The molecule has 0 aliphatic heterocycles. The molecule has 0 fully saturated rings. The number of carbonyl (C=O) groups excluding carboxylic acids is 1. The summed E-state index contributed by atoms with van der Waals surface area (Å²) in [4.78, 5) is 11.3. The summed E-state index contributed by atoms with van der Waals surface area (Å²) in [5.41, 5.74) is 0. The lowest BCUT2D eigenvalue weighted by molar-refractivity contribution is -0.116. The Hall–Kier alpha value is -0.693. The van der Waals surface area contributed by atoms with Crippen molar-refractivity contribution in [1.82, 2.24) is 5.32 Å². The summed E-state index contributed by atoms with van der Waals surface area (Å²) in [5, 5.41) is 2.78. The number of nitrogens with one attached hydrogen (secondary N) is 1. The molecule has 0 aromatic carbocycles. The number of rotatable bonds is 10. The zero-order valence-corrected chi connectivity index (χ0v) is 12.8. The largest absolute Gasteiger partial charge is 0.502 e. The minimum absolute atomic E-state index is 0.107. The zero-order valence-electron chi connectivity index (χ0n) is 11.8. The Labute approximate surface area is 111 Å². The highest BCUT2D eigenvalue weighted by molar-refractivity contribution is 6.60. The normalized spacial score (nSPS) is 12.0. The van der Waals surface area contributed by atoms with E-state index >= 15 is 0 Å². The van der Waals surface area contributed by atoms with E-state index in [9.17, 15) is 4.79 Å². The van der Waals surface area contributed by atoms with Gasteiger partial charge in [-0.1, -0.05) is 6.08 Å². The first-order chi connectivity index (χ1) is 8.64. The lowest BCUT2D eigenvalue weighted by Gasteiger charge is -2.28. The van der Waals surface area contributed by atoms with Crippen LogP contribution in [0.2, 0.25) is 6.04 Å². The second-order valence-electron chi connectivity index (χ2n) is 3.52. The molecule has 0 unspecified atom stereocenters. The molecule has 0 atom stereocenters. The quantitative estimate of drug-likeness (QED) is 0.487. The highest BCUT2D eigenvalue weighted by atomic mass is 28.4. The Balaban J connectivity index is 4.33. The topological polar surface area (TPSA) is 56.8 Å². The van der Waals surface area contributed by atoms with Gasteiger partial charge in [0, 0.05) is 32.4 Å². The van der Waals surface area contributed by atoms with Gasteiger partial charge in [-0.05, 0) is 33.8 Å². The van der Waals surface area contributed by atoms with E-state index in [-0.39, 0.29) is 5.91 Å². The van der Waals surface area contributed by atoms with Crippen molar-refractivity contribution in [1.29, 1.82) is 0 Å². The summed E-state index contributed by atoms with van der Waals surface area (Å²) >= 11 is 0. The SMILES string of the molecule is CC=CC(=O)NCC[Si](OCC)(OCC)OCC. The maximum Gasteiger partial charge on any atom is 0.502 e. The monoisotopic (exact) mass is 275 g/mol. The molecule has 0 radical (unpaired) electrons. The van der Waals surface area contributed by atoms with Gasteiger partial charge in [-0.25, -0.2) is 0 Å². The van der Waals surface area contributed by atoms with Crippen LogP contribution in [0, 0.1) is 0 Å². The van der Waals surface area contributed by atoms with Crippen LogP contribution in [0.15, 0.2) is 12.2 Å². The Morgan fingerprint density at radius 1 is 1.11 bits per heavy atom. The van der Waals surface area contributed by atoms with Crippen molar-refractivity contribution >= 4 is 14.7 Å². The summed E-state index contributed by atoms with van der Waals surface area (Å²) in [6, 6.07) is 0.589. The average Bonchev–Trinajstić information content (AvgIpc) is 2.30. The number of amides is 1. The molecule has 0 spiro atoms. The second-order valence-corrected chi connectivity index (χ2v) is 6.26. The summed E-state index contributed by atoms with van der Waals surface area (Å²) in [7, 11) is -2.62. The van der Waals surface area contributed by atoms with Crippen molar-refractivity contribution in [3.05, 3.63) is 12.2 Å². The molecule has 0 bridgehead atoms. The molecule has 0 aromatic rings. The van der Waals surface area contributed by atoms with E-state index in [4.69, 9.17) is 13.3 Å². The molecule has 18 heavy (non-hydrogen) atoms. The van der Waals surface area contributed by atoms with Crippen molar-refractivity contribution in [2.45, 2.75) is 33.7 Å². The third-order valence-electron chi connectivity index (χ3n) is 2.14. The molecule has 0 saturated heterocycles.